The summed E-state index contributed by atoms with van der Waals surface area (Å²) in [5.74, 6) is -0.0755. The lowest BCUT2D eigenvalue weighted by atomic mass is 10.0. The number of ether oxygens (including phenoxy) is 1. The molecule has 0 unspecified atom stereocenters. The third-order valence-corrected chi connectivity index (χ3v) is 6.13. The number of imide groups is 1. The van der Waals surface area contributed by atoms with Crippen molar-refractivity contribution in [3.05, 3.63) is 48.2 Å². The van der Waals surface area contributed by atoms with Crippen LogP contribution in [0.3, 0.4) is 0 Å². The lowest BCUT2D eigenvalue weighted by Gasteiger charge is -2.33. The first-order valence-electron chi connectivity index (χ1n) is 10.9. The summed E-state index contributed by atoms with van der Waals surface area (Å²) in [5.41, 5.74) is -0.142. The number of urea groups is 1. The van der Waals surface area contributed by atoms with Crippen LogP contribution in [-0.4, -0.2) is 71.9 Å². The molecule has 2 fully saturated rings. The number of carbonyl (C=O) groups is 2. The SMILES string of the molecule is CN1CCN(c2cc(CN3C(=O)N(c4ccc(OC(F)(F)F)cc4)C(=O)C3(C)C)ccn2)CC1. The minimum atomic E-state index is -4.83. The Hall–Kier alpha value is -3.34. The Labute approximate surface area is 195 Å². The smallest absolute Gasteiger partial charge is 0.406 e. The topological polar surface area (TPSA) is 69.2 Å². The average molecular weight is 477 g/mol. The highest BCUT2D eigenvalue weighted by Gasteiger charge is 2.51. The molecule has 0 bridgehead atoms. The van der Waals surface area contributed by atoms with E-state index in [0.717, 1.165) is 54.6 Å². The number of piperazine rings is 1. The molecule has 1 aromatic heterocycles. The van der Waals surface area contributed by atoms with E-state index < -0.39 is 29.6 Å². The van der Waals surface area contributed by atoms with Gasteiger partial charge in [-0.2, -0.15) is 0 Å². The van der Waals surface area contributed by atoms with Gasteiger partial charge in [0, 0.05) is 38.9 Å². The highest BCUT2D eigenvalue weighted by Crippen LogP contribution is 2.35. The molecular weight excluding hydrogens is 451 g/mol. The number of anilines is 2. The molecular formula is C23H26F3N5O3. The molecule has 2 aromatic rings. The number of hydrogen-bond donors (Lipinski definition) is 0. The lowest BCUT2D eigenvalue weighted by molar-refractivity contribution is -0.274. The summed E-state index contributed by atoms with van der Waals surface area (Å²) in [7, 11) is 2.07. The summed E-state index contributed by atoms with van der Waals surface area (Å²) in [6.45, 7) is 7.04. The number of halogens is 3. The summed E-state index contributed by atoms with van der Waals surface area (Å²) in [4.78, 5) is 37.7. The van der Waals surface area contributed by atoms with Gasteiger partial charge in [0.15, 0.2) is 0 Å². The zero-order valence-corrected chi connectivity index (χ0v) is 19.2. The Kier molecular flexibility index (Phi) is 6.15. The molecule has 0 saturated carbocycles. The molecule has 34 heavy (non-hydrogen) atoms. The van der Waals surface area contributed by atoms with Gasteiger partial charge >= 0.3 is 12.4 Å². The quantitative estimate of drug-likeness (QED) is 0.615. The van der Waals surface area contributed by atoms with Crippen molar-refractivity contribution >= 4 is 23.4 Å². The molecule has 8 nitrogen and oxygen atoms in total. The fourth-order valence-corrected chi connectivity index (χ4v) is 4.08. The number of pyridine rings is 1. The molecule has 1 aromatic carbocycles. The van der Waals surface area contributed by atoms with Crippen molar-refractivity contribution in [2.24, 2.45) is 0 Å². The summed E-state index contributed by atoms with van der Waals surface area (Å²) in [6.07, 6.45) is -3.14. The van der Waals surface area contributed by atoms with Crippen molar-refractivity contribution in [1.82, 2.24) is 14.8 Å². The van der Waals surface area contributed by atoms with E-state index in [4.69, 9.17) is 0 Å². The average Bonchev–Trinajstić information content (AvgIpc) is 2.93. The van der Waals surface area contributed by atoms with E-state index in [1.54, 1.807) is 26.1 Å². The van der Waals surface area contributed by atoms with Crippen LogP contribution in [0.2, 0.25) is 0 Å². The van der Waals surface area contributed by atoms with Crippen molar-refractivity contribution in [3.63, 3.8) is 0 Å². The number of nitrogens with zero attached hydrogens (tertiary/aromatic N) is 5. The van der Waals surface area contributed by atoms with Crippen LogP contribution in [0.25, 0.3) is 0 Å². The summed E-state index contributed by atoms with van der Waals surface area (Å²) in [6, 6.07) is 7.85. The van der Waals surface area contributed by atoms with Gasteiger partial charge in [0.05, 0.1) is 5.69 Å². The van der Waals surface area contributed by atoms with E-state index in [0.29, 0.717) is 0 Å². The summed E-state index contributed by atoms with van der Waals surface area (Å²) < 4.78 is 41.2. The van der Waals surface area contributed by atoms with Crippen molar-refractivity contribution in [1.29, 1.82) is 0 Å². The van der Waals surface area contributed by atoms with Gasteiger partial charge in [0.25, 0.3) is 5.91 Å². The number of alkyl halides is 3. The van der Waals surface area contributed by atoms with Gasteiger partial charge in [-0.1, -0.05) is 0 Å². The summed E-state index contributed by atoms with van der Waals surface area (Å²) >= 11 is 0. The highest BCUT2D eigenvalue weighted by atomic mass is 19.4. The molecule has 3 amide bonds. The van der Waals surface area contributed by atoms with E-state index in [1.807, 2.05) is 6.07 Å². The molecule has 2 saturated heterocycles. The number of benzene rings is 1. The molecule has 0 atom stereocenters. The zero-order chi connectivity index (χ0) is 24.7. The predicted octanol–water partition coefficient (Wildman–Crippen LogP) is 3.48. The summed E-state index contributed by atoms with van der Waals surface area (Å²) in [5, 5.41) is 0. The monoisotopic (exact) mass is 477 g/mol. The van der Waals surface area contributed by atoms with Gasteiger partial charge in [-0.15, -0.1) is 13.2 Å². The van der Waals surface area contributed by atoms with Gasteiger partial charge in [-0.25, -0.2) is 14.7 Å². The van der Waals surface area contributed by atoms with Crippen LogP contribution in [0.5, 0.6) is 5.75 Å². The third-order valence-electron chi connectivity index (χ3n) is 6.13. The Balaban J connectivity index is 1.53. The first-order chi connectivity index (χ1) is 16.0. The maximum Gasteiger partial charge on any atom is 0.573 e. The molecule has 2 aliphatic rings. The molecule has 0 spiro atoms. The Morgan fingerprint density at radius 1 is 1.03 bits per heavy atom. The number of likely N-dealkylation sites (N-methyl/N-ethyl adjacent to an activating group) is 1. The second-order valence-electron chi connectivity index (χ2n) is 8.92. The number of carbonyl (C=O) groups excluding carboxylic acids is 2. The maximum absolute atomic E-state index is 13.3. The van der Waals surface area contributed by atoms with Crippen molar-refractivity contribution in [2.75, 3.05) is 43.0 Å². The molecule has 182 valence electrons. The maximum atomic E-state index is 13.3. The first kappa shape index (κ1) is 23.8. The Bertz CT molecular complexity index is 1070. The van der Waals surface area contributed by atoms with Gasteiger partial charge in [-0.05, 0) is 62.9 Å². The van der Waals surface area contributed by atoms with Crippen molar-refractivity contribution < 1.29 is 27.5 Å². The van der Waals surface area contributed by atoms with Crippen molar-refractivity contribution in [2.45, 2.75) is 32.3 Å². The van der Waals surface area contributed by atoms with E-state index in [-0.39, 0.29) is 12.2 Å². The largest absolute Gasteiger partial charge is 0.573 e. The first-order valence-corrected chi connectivity index (χ1v) is 10.9. The van der Waals surface area contributed by atoms with Crippen LogP contribution in [0, 0.1) is 0 Å². The van der Waals surface area contributed by atoms with Gasteiger partial charge in [-0.3, -0.25) is 4.79 Å². The minimum absolute atomic E-state index is 0.174. The molecule has 0 aliphatic carbocycles. The fraction of sp³-hybridized carbons (Fsp3) is 0.435. The van der Waals surface area contributed by atoms with E-state index in [9.17, 15) is 22.8 Å². The number of amides is 3. The van der Waals surface area contributed by atoms with Crippen LogP contribution < -0.4 is 14.5 Å². The number of hydrogen-bond acceptors (Lipinski definition) is 6. The Morgan fingerprint density at radius 3 is 2.29 bits per heavy atom. The van der Waals surface area contributed by atoms with Crippen LogP contribution in [0.1, 0.15) is 19.4 Å². The van der Waals surface area contributed by atoms with Crippen LogP contribution in [0.15, 0.2) is 42.6 Å². The molecule has 11 heteroatoms. The minimum Gasteiger partial charge on any atom is -0.406 e. The third kappa shape index (κ3) is 4.79. The molecule has 3 heterocycles. The number of rotatable bonds is 5. The standard InChI is InChI=1S/C23H26F3N5O3/c1-22(2)20(32)31(17-4-6-18(7-5-17)34-23(24,25)26)21(33)30(22)15-16-8-9-27-19(14-16)29-12-10-28(3)11-13-29/h4-9,14H,10-13,15H2,1-3H3. The normalized spacial score (nSPS) is 19.2. The van der Waals surface area contributed by atoms with E-state index in [2.05, 4.69) is 26.6 Å². The van der Waals surface area contributed by atoms with Crippen LogP contribution in [-0.2, 0) is 11.3 Å². The Morgan fingerprint density at radius 2 is 1.68 bits per heavy atom. The van der Waals surface area contributed by atoms with Crippen molar-refractivity contribution in [3.8, 4) is 5.75 Å². The van der Waals surface area contributed by atoms with Crippen LogP contribution in [0.4, 0.5) is 29.5 Å². The molecule has 0 N–H and O–H groups in total. The van der Waals surface area contributed by atoms with E-state index >= 15 is 0 Å². The molecule has 4 rings (SSSR count). The highest BCUT2D eigenvalue weighted by molar-refractivity contribution is 6.22. The predicted molar refractivity (Wildman–Crippen MR) is 120 cm³/mol. The van der Waals surface area contributed by atoms with E-state index in [1.165, 1.54) is 17.0 Å². The fourth-order valence-electron chi connectivity index (χ4n) is 4.08. The molecule has 0 radical (unpaired) electrons. The lowest BCUT2D eigenvalue weighted by Crippen LogP contribution is -2.45. The second-order valence-corrected chi connectivity index (χ2v) is 8.92. The van der Waals surface area contributed by atoms with Gasteiger partial charge in [0.1, 0.15) is 17.1 Å². The van der Waals surface area contributed by atoms with Crippen LogP contribution >= 0.6 is 0 Å². The van der Waals surface area contributed by atoms with Gasteiger partial charge < -0.3 is 19.4 Å². The number of aromatic nitrogens is 1. The zero-order valence-electron chi connectivity index (χ0n) is 19.2. The molecule has 2 aliphatic heterocycles. The second kappa shape index (κ2) is 8.79. The van der Waals surface area contributed by atoms with Gasteiger partial charge in [0.2, 0.25) is 0 Å².